The van der Waals surface area contributed by atoms with Crippen molar-refractivity contribution in [3.8, 4) is 0 Å². The SMILES string of the molecule is CSc1cccc(NC(=O)NC2CC(C(=O)NC(Cc3c[nH]c4ccccc34)C(N)=O)N(C(=O)C=C(C)C)C2)c1. The Morgan fingerprint density at radius 2 is 1.93 bits per heavy atom. The average Bonchev–Trinajstić information content (AvgIpc) is 3.52. The number of nitrogens with zero attached hydrogens (tertiary/aromatic N) is 1. The molecule has 1 aromatic heterocycles. The molecule has 5 amide bonds. The second kappa shape index (κ2) is 12.7. The summed E-state index contributed by atoms with van der Waals surface area (Å²) in [6.45, 7) is 3.72. The van der Waals surface area contributed by atoms with Crippen LogP contribution in [-0.4, -0.2) is 64.6 Å². The average molecular weight is 563 g/mol. The first kappa shape index (κ1) is 28.8. The number of hydrogen-bond acceptors (Lipinski definition) is 5. The Hall–Kier alpha value is -4.25. The minimum atomic E-state index is -0.980. The van der Waals surface area contributed by atoms with Crippen LogP contribution in [-0.2, 0) is 20.8 Å². The van der Waals surface area contributed by atoms with E-state index in [9.17, 15) is 19.2 Å². The van der Waals surface area contributed by atoms with Gasteiger partial charge in [-0.05, 0) is 56.4 Å². The third-order valence-electron chi connectivity index (χ3n) is 6.72. The van der Waals surface area contributed by atoms with Crippen molar-refractivity contribution in [1.29, 1.82) is 0 Å². The Balaban J connectivity index is 1.47. The van der Waals surface area contributed by atoms with Gasteiger partial charge in [0.25, 0.3) is 0 Å². The zero-order chi connectivity index (χ0) is 28.8. The molecule has 4 rings (SSSR count). The number of fused-ring (bicyclic) bond motifs is 1. The van der Waals surface area contributed by atoms with E-state index in [2.05, 4.69) is 20.9 Å². The van der Waals surface area contributed by atoms with Gasteiger partial charge >= 0.3 is 6.03 Å². The third kappa shape index (κ3) is 7.03. The monoisotopic (exact) mass is 562 g/mol. The topological polar surface area (TPSA) is 149 Å². The summed E-state index contributed by atoms with van der Waals surface area (Å²) in [6.07, 6.45) is 5.57. The molecular formula is C29H34N6O4S. The van der Waals surface area contributed by atoms with Crippen LogP contribution in [0.25, 0.3) is 10.9 Å². The van der Waals surface area contributed by atoms with E-state index < -0.39 is 36.0 Å². The Labute approximate surface area is 237 Å². The normalized spacial score (nSPS) is 17.2. The number of benzene rings is 2. The van der Waals surface area contributed by atoms with E-state index in [1.165, 1.54) is 11.0 Å². The quantitative estimate of drug-likeness (QED) is 0.201. The predicted molar refractivity (Wildman–Crippen MR) is 157 cm³/mol. The van der Waals surface area contributed by atoms with Crippen LogP contribution in [0.5, 0.6) is 0 Å². The summed E-state index contributed by atoms with van der Waals surface area (Å²) in [5, 5.41) is 9.37. The zero-order valence-electron chi connectivity index (χ0n) is 22.7. The highest BCUT2D eigenvalue weighted by Crippen LogP contribution is 2.23. The van der Waals surface area contributed by atoms with Crippen molar-refractivity contribution in [2.24, 2.45) is 5.73 Å². The number of anilines is 1. The van der Waals surface area contributed by atoms with Crippen molar-refractivity contribution in [1.82, 2.24) is 20.5 Å². The highest BCUT2D eigenvalue weighted by Gasteiger charge is 2.40. The Morgan fingerprint density at radius 1 is 1.15 bits per heavy atom. The molecule has 1 fully saturated rings. The number of allylic oxidation sites excluding steroid dienone is 1. The second-order valence-corrected chi connectivity index (χ2v) is 10.9. The molecule has 10 nitrogen and oxygen atoms in total. The molecule has 2 aromatic carbocycles. The molecule has 3 aromatic rings. The van der Waals surface area contributed by atoms with Crippen LogP contribution < -0.4 is 21.7 Å². The molecular weight excluding hydrogens is 528 g/mol. The van der Waals surface area contributed by atoms with Gasteiger partial charge in [-0.2, -0.15) is 0 Å². The van der Waals surface area contributed by atoms with Gasteiger partial charge in [0, 0.05) is 46.7 Å². The fourth-order valence-electron chi connectivity index (χ4n) is 4.83. The maximum Gasteiger partial charge on any atom is 0.319 e. The van der Waals surface area contributed by atoms with Crippen molar-refractivity contribution in [2.45, 2.75) is 49.7 Å². The molecule has 1 saturated heterocycles. The molecule has 0 bridgehead atoms. The summed E-state index contributed by atoms with van der Waals surface area (Å²) in [5.74, 6) is -1.53. The van der Waals surface area contributed by atoms with Crippen LogP contribution in [0.1, 0.15) is 25.8 Å². The lowest BCUT2D eigenvalue weighted by Gasteiger charge is -2.25. The standard InChI is InChI=1S/C29H34N6O4S/c1-17(2)11-26(36)35-16-20(33-29(39)32-19-7-6-8-21(13-19)40-3)14-25(35)28(38)34-24(27(30)37)12-18-15-31-23-10-5-4-9-22(18)23/h4-11,13,15,20,24-25,31H,12,14,16H2,1-3H3,(H2,30,37)(H,34,38)(H2,32,33,39). The number of nitrogens with two attached hydrogens (primary N) is 1. The van der Waals surface area contributed by atoms with Crippen molar-refractivity contribution >= 4 is 52.1 Å². The van der Waals surface area contributed by atoms with Gasteiger partial charge in [-0.15, -0.1) is 11.8 Å². The van der Waals surface area contributed by atoms with Crippen LogP contribution in [0.4, 0.5) is 10.5 Å². The number of rotatable bonds is 9. The Morgan fingerprint density at radius 3 is 2.65 bits per heavy atom. The van der Waals surface area contributed by atoms with E-state index in [0.717, 1.165) is 26.9 Å². The van der Waals surface area contributed by atoms with Gasteiger partial charge < -0.3 is 31.6 Å². The van der Waals surface area contributed by atoms with E-state index in [-0.39, 0.29) is 25.3 Å². The summed E-state index contributed by atoms with van der Waals surface area (Å²) < 4.78 is 0. The van der Waals surface area contributed by atoms with Gasteiger partial charge in [0.1, 0.15) is 12.1 Å². The summed E-state index contributed by atoms with van der Waals surface area (Å²) in [7, 11) is 0. The van der Waals surface area contributed by atoms with Gasteiger partial charge in [0.2, 0.25) is 17.7 Å². The lowest BCUT2D eigenvalue weighted by Crippen LogP contribution is -2.52. The maximum atomic E-state index is 13.5. The van der Waals surface area contributed by atoms with Crippen LogP contribution in [0.3, 0.4) is 0 Å². The van der Waals surface area contributed by atoms with E-state index in [1.54, 1.807) is 37.9 Å². The molecule has 0 radical (unpaired) electrons. The lowest BCUT2D eigenvalue weighted by atomic mass is 10.0. The Kier molecular flexibility index (Phi) is 9.15. The van der Waals surface area contributed by atoms with E-state index in [4.69, 9.17) is 5.73 Å². The van der Waals surface area contributed by atoms with Gasteiger partial charge in [-0.3, -0.25) is 14.4 Å². The summed E-state index contributed by atoms with van der Waals surface area (Å²) in [5.41, 5.74) is 8.83. The number of primary amides is 1. The first-order valence-electron chi connectivity index (χ1n) is 13.0. The number of H-pyrrole nitrogens is 1. The molecule has 40 heavy (non-hydrogen) atoms. The molecule has 1 aliphatic rings. The molecule has 210 valence electrons. The molecule has 3 atom stereocenters. The summed E-state index contributed by atoms with van der Waals surface area (Å²) in [4.78, 5) is 57.2. The maximum absolute atomic E-state index is 13.5. The van der Waals surface area contributed by atoms with Crippen molar-refractivity contribution in [3.63, 3.8) is 0 Å². The molecule has 6 N–H and O–H groups in total. The van der Waals surface area contributed by atoms with Crippen LogP contribution in [0, 0.1) is 0 Å². The molecule has 0 saturated carbocycles. The third-order valence-corrected chi connectivity index (χ3v) is 7.45. The Bertz CT molecular complexity index is 1450. The first-order chi connectivity index (χ1) is 19.1. The number of nitrogens with one attached hydrogen (secondary N) is 4. The minimum Gasteiger partial charge on any atom is -0.368 e. The molecule has 3 unspecified atom stereocenters. The second-order valence-electron chi connectivity index (χ2n) is 10.0. The highest BCUT2D eigenvalue weighted by molar-refractivity contribution is 7.98. The predicted octanol–water partition coefficient (Wildman–Crippen LogP) is 3.16. The zero-order valence-corrected chi connectivity index (χ0v) is 23.5. The fourth-order valence-corrected chi connectivity index (χ4v) is 5.29. The van der Waals surface area contributed by atoms with Crippen molar-refractivity contribution in [2.75, 3.05) is 18.1 Å². The fraction of sp³-hybridized carbons (Fsp3) is 0.310. The van der Waals surface area contributed by atoms with E-state index in [0.29, 0.717) is 5.69 Å². The number of amides is 5. The van der Waals surface area contributed by atoms with E-state index in [1.807, 2.05) is 48.7 Å². The van der Waals surface area contributed by atoms with E-state index >= 15 is 0 Å². The number of likely N-dealkylation sites (tertiary alicyclic amines) is 1. The van der Waals surface area contributed by atoms with Gasteiger partial charge in [-0.25, -0.2) is 4.79 Å². The molecule has 0 spiro atoms. The number of urea groups is 1. The van der Waals surface area contributed by atoms with Crippen molar-refractivity contribution in [3.05, 3.63) is 71.9 Å². The lowest BCUT2D eigenvalue weighted by molar-refractivity contribution is -0.136. The van der Waals surface area contributed by atoms with Crippen LogP contribution in [0.2, 0.25) is 0 Å². The number of carbonyl (C=O) groups is 4. The number of aromatic nitrogens is 1. The number of para-hydroxylation sites is 1. The molecule has 0 aliphatic carbocycles. The van der Waals surface area contributed by atoms with Crippen LogP contribution >= 0.6 is 11.8 Å². The van der Waals surface area contributed by atoms with Gasteiger partial charge in [-0.1, -0.05) is 29.8 Å². The van der Waals surface area contributed by atoms with Crippen molar-refractivity contribution < 1.29 is 19.2 Å². The van der Waals surface area contributed by atoms with Gasteiger partial charge in [0.05, 0.1) is 6.04 Å². The molecule has 2 heterocycles. The highest BCUT2D eigenvalue weighted by atomic mass is 32.2. The van der Waals surface area contributed by atoms with Crippen LogP contribution in [0.15, 0.2) is 71.3 Å². The molecule has 11 heteroatoms. The molecule has 1 aliphatic heterocycles. The number of carbonyl (C=O) groups excluding carboxylic acids is 4. The first-order valence-corrected chi connectivity index (χ1v) is 14.2. The van der Waals surface area contributed by atoms with Gasteiger partial charge in [0.15, 0.2) is 0 Å². The minimum absolute atomic E-state index is 0.142. The number of thioether (sulfide) groups is 1. The number of aromatic amines is 1. The largest absolute Gasteiger partial charge is 0.368 e. The smallest absolute Gasteiger partial charge is 0.319 e. The summed E-state index contributed by atoms with van der Waals surface area (Å²) >= 11 is 1.56. The number of hydrogen-bond donors (Lipinski definition) is 5. The summed E-state index contributed by atoms with van der Waals surface area (Å²) in [6, 6.07) is 12.3.